The SMILES string of the molecule is Cc1cc(C)c2c(c1)/C(=N\c1nnn(C)n1)C[CH+]CN2C(=O)OCc1ccccc1. The highest BCUT2D eigenvalue weighted by atomic mass is 16.6. The number of nitrogens with zero attached hydrogens (tertiary/aromatic N) is 6. The highest BCUT2D eigenvalue weighted by Gasteiger charge is 2.31. The fourth-order valence-electron chi connectivity index (χ4n) is 3.58. The van der Waals surface area contributed by atoms with Gasteiger partial charge in [0.1, 0.15) is 19.4 Å². The molecule has 2 heterocycles. The number of amides is 1. The van der Waals surface area contributed by atoms with Crippen LogP contribution in [0.2, 0.25) is 0 Å². The zero-order chi connectivity index (χ0) is 21.1. The molecule has 1 aliphatic rings. The van der Waals surface area contributed by atoms with Gasteiger partial charge in [-0.15, -0.1) is 5.10 Å². The Kier molecular flexibility index (Phi) is 5.47. The first-order valence-corrected chi connectivity index (χ1v) is 9.74. The van der Waals surface area contributed by atoms with Crippen molar-refractivity contribution >= 4 is 23.4 Å². The summed E-state index contributed by atoms with van der Waals surface area (Å²) in [4.78, 5) is 20.6. The van der Waals surface area contributed by atoms with Gasteiger partial charge in [0.2, 0.25) is 0 Å². The van der Waals surface area contributed by atoms with Gasteiger partial charge < -0.3 is 4.74 Å². The van der Waals surface area contributed by atoms with Crippen molar-refractivity contribution in [2.75, 3.05) is 11.4 Å². The van der Waals surface area contributed by atoms with E-state index in [1.807, 2.05) is 56.7 Å². The second-order valence-electron chi connectivity index (χ2n) is 7.26. The van der Waals surface area contributed by atoms with Crippen molar-refractivity contribution in [3.05, 3.63) is 71.1 Å². The average Bonchev–Trinajstić information content (AvgIpc) is 3.05. The molecule has 0 N–H and O–H groups in total. The Morgan fingerprint density at radius 1 is 1.23 bits per heavy atom. The topological polar surface area (TPSA) is 85.5 Å². The zero-order valence-electron chi connectivity index (χ0n) is 17.2. The number of carbonyl (C=O) groups is 1. The van der Waals surface area contributed by atoms with Crippen molar-refractivity contribution in [2.24, 2.45) is 12.0 Å². The van der Waals surface area contributed by atoms with Gasteiger partial charge >= 0.3 is 6.09 Å². The summed E-state index contributed by atoms with van der Waals surface area (Å²) in [5.41, 5.74) is 5.49. The quantitative estimate of drug-likeness (QED) is 0.623. The minimum Gasteiger partial charge on any atom is -0.444 e. The predicted octanol–water partition coefficient (Wildman–Crippen LogP) is 3.70. The van der Waals surface area contributed by atoms with E-state index in [9.17, 15) is 4.79 Å². The van der Waals surface area contributed by atoms with Crippen LogP contribution in [0, 0.1) is 20.3 Å². The summed E-state index contributed by atoms with van der Waals surface area (Å²) in [6.07, 6.45) is 2.20. The van der Waals surface area contributed by atoms with Crippen LogP contribution in [0.3, 0.4) is 0 Å². The van der Waals surface area contributed by atoms with E-state index in [0.717, 1.165) is 33.7 Å². The van der Waals surface area contributed by atoms with Crippen molar-refractivity contribution < 1.29 is 9.53 Å². The maximum atomic E-state index is 13.0. The number of aryl methyl sites for hydroxylation is 3. The molecule has 1 amide bonds. The fraction of sp³-hybridized carbons (Fsp3) is 0.273. The summed E-state index contributed by atoms with van der Waals surface area (Å²) in [5.74, 6) is 0.297. The maximum Gasteiger partial charge on any atom is 0.418 e. The van der Waals surface area contributed by atoms with Crippen molar-refractivity contribution in [2.45, 2.75) is 26.9 Å². The lowest BCUT2D eigenvalue weighted by Gasteiger charge is -2.22. The molecule has 0 bridgehead atoms. The Balaban J connectivity index is 1.68. The van der Waals surface area contributed by atoms with Crippen LogP contribution in [0.15, 0.2) is 47.5 Å². The first-order chi connectivity index (χ1) is 14.5. The summed E-state index contributed by atoms with van der Waals surface area (Å²) in [5, 5.41) is 12.0. The molecule has 1 aliphatic heterocycles. The number of aromatic nitrogens is 4. The third-order valence-corrected chi connectivity index (χ3v) is 4.83. The number of hydrogen-bond donors (Lipinski definition) is 0. The van der Waals surface area contributed by atoms with Gasteiger partial charge in [0.15, 0.2) is 6.54 Å². The lowest BCUT2D eigenvalue weighted by Crippen LogP contribution is -2.33. The molecule has 0 aliphatic carbocycles. The fourth-order valence-corrected chi connectivity index (χ4v) is 3.58. The minimum atomic E-state index is -0.387. The molecule has 152 valence electrons. The van der Waals surface area contributed by atoms with E-state index in [2.05, 4.69) is 26.5 Å². The maximum absolute atomic E-state index is 13.0. The molecule has 0 radical (unpaired) electrons. The zero-order valence-corrected chi connectivity index (χ0v) is 17.2. The van der Waals surface area contributed by atoms with Crippen molar-refractivity contribution in [1.82, 2.24) is 20.2 Å². The number of rotatable bonds is 3. The summed E-state index contributed by atoms with van der Waals surface area (Å²) in [6.45, 7) is 4.67. The largest absolute Gasteiger partial charge is 0.444 e. The van der Waals surface area contributed by atoms with Gasteiger partial charge in [-0.25, -0.2) is 14.7 Å². The molecule has 8 nitrogen and oxygen atoms in total. The van der Waals surface area contributed by atoms with E-state index in [1.165, 1.54) is 4.80 Å². The van der Waals surface area contributed by atoms with Crippen LogP contribution in [-0.4, -0.2) is 38.6 Å². The number of fused-ring (bicyclic) bond motifs is 1. The third kappa shape index (κ3) is 4.17. The molecule has 0 saturated heterocycles. The number of hydrogen-bond acceptors (Lipinski definition) is 6. The van der Waals surface area contributed by atoms with Crippen LogP contribution in [0.25, 0.3) is 0 Å². The average molecular weight is 403 g/mol. The van der Waals surface area contributed by atoms with Crippen LogP contribution in [0.1, 0.15) is 28.7 Å². The first kappa shape index (κ1) is 19.6. The van der Waals surface area contributed by atoms with Crippen LogP contribution in [0.5, 0.6) is 0 Å². The Bertz CT molecular complexity index is 1090. The van der Waals surface area contributed by atoms with E-state index in [-0.39, 0.29) is 12.7 Å². The normalized spacial score (nSPS) is 14.8. The van der Waals surface area contributed by atoms with Gasteiger partial charge in [0.25, 0.3) is 5.95 Å². The molecule has 0 fully saturated rings. The van der Waals surface area contributed by atoms with Gasteiger partial charge in [0.05, 0.1) is 18.4 Å². The molecule has 0 spiro atoms. The Hall–Kier alpha value is -3.68. The molecule has 0 unspecified atom stereocenters. The summed E-state index contributed by atoms with van der Waals surface area (Å²) < 4.78 is 5.61. The molecular formula is C22H23N6O2+. The number of benzene rings is 2. The third-order valence-electron chi connectivity index (χ3n) is 4.83. The molecule has 2 aromatic carbocycles. The van der Waals surface area contributed by atoms with Gasteiger partial charge in [-0.3, -0.25) is 0 Å². The second kappa shape index (κ2) is 8.36. The number of carbonyl (C=O) groups excluding carboxylic acids is 1. The summed E-state index contributed by atoms with van der Waals surface area (Å²) >= 11 is 0. The molecule has 1 aromatic heterocycles. The van der Waals surface area contributed by atoms with Gasteiger partial charge in [-0.2, -0.15) is 4.80 Å². The van der Waals surface area contributed by atoms with Crippen LogP contribution in [-0.2, 0) is 18.4 Å². The number of anilines is 1. The molecule has 30 heavy (non-hydrogen) atoms. The molecular weight excluding hydrogens is 380 g/mol. The monoisotopic (exact) mass is 403 g/mol. The highest BCUT2D eigenvalue weighted by Crippen LogP contribution is 2.32. The standard InChI is InChI=1S/C22H23N6O2/c1-15-12-16(2)20-18(13-15)19(23-21-24-26-27(3)25-21)10-7-11-28(20)22(29)30-14-17-8-5-4-6-9-17/h4-9,12-13H,10-11,14H2,1-3H3/q+1/b23-19-. The van der Waals surface area contributed by atoms with Crippen LogP contribution >= 0.6 is 0 Å². The molecule has 3 aromatic rings. The van der Waals surface area contributed by atoms with Crippen molar-refractivity contribution in [1.29, 1.82) is 0 Å². The lowest BCUT2D eigenvalue weighted by molar-refractivity contribution is 0.147. The Morgan fingerprint density at radius 2 is 2.03 bits per heavy atom. The Morgan fingerprint density at radius 3 is 2.77 bits per heavy atom. The molecule has 8 heteroatoms. The number of ether oxygens (including phenoxy) is 1. The molecule has 0 atom stereocenters. The van der Waals surface area contributed by atoms with Gasteiger partial charge in [-0.1, -0.05) is 47.1 Å². The summed E-state index contributed by atoms with van der Waals surface area (Å²) in [6, 6.07) is 13.7. The first-order valence-electron chi connectivity index (χ1n) is 9.74. The van der Waals surface area contributed by atoms with E-state index >= 15 is 0 Å². The highest BCUT2D eigenvalue weighted by molar-refractivity contribution is 6.10. The van der Waals surface area contributed by atoms with Gasteiger partial charge in [0, 0.05) is 5.56 Å². The lowest BCUT2D eigenvalue weighted by atomic mass is 9.99. The molecule has 4 rings (SSSR count). The van der Waals surface area contributed by atoms with E-state index in [0.29, 0.717) is 18.9 Å². The Labute approximate surface area is 175 Å². The predicted molar refractivity (Wildman–Crippen MR) is 114 cm³/mol. The number of aliphatic imine (C=N–C) groups is 1. The minimum absolute atomic E-state index is 0.223. The van der Waals surface area contributed by atoms with E-state index < -0.39 is 0 Å². The van der Waals surface area contributed by atoms with Crippen LogP contribution in [0.4, 0.5) is 16.4 Å². The van der Waals surface area contributed by atoms with E-state index in [1.54, 1.807) is 11.9 Å². The molecule has 0 saturated carbocycles. The van der Waals surface area contributed by atoms with E-state index in [4.69, 9.17) is 4.74 Å². The summed E-state index contributed by atoms with van der Waals surface area (Å²) in [7, 11) is 1.70. The van der Waals surface area contributed by atoms with Crippen LogP contribution < -0.4 is 4.90 Å². The number of tetrazole rings is 1. The van der Waals surface area contributed by atoms with Crippen molar-refractivity contribution in [3.8, 4) is 0 Å². The second-order valence-corrected chi connectivity index (χ2v) is 7.26. The smallest absolute Gasteiger partial charge is 0.418 e. The van der Waals surface area contributed by atoms with Crippen molar-refractivity contribution in [3.63, 3.8) is 0 Å². The van der Waals surface area contributed by atoms with Gasteiger partial charge in [-0.05, 0) is 36.3 Å².